The van der Waals surface area contributed by atoms with Gasteiger partial charge in [-0.3, -0.25) is 0 Å². The SMILES string of the molecule is CC(CCN1/C(=C\C=C2/CCCC(/C=C/C3=[N+](CCC(C)S(=O)(=O)[O-])c4ccc5cc(S(=O)(=O)[O-])ccc5c4C3(C)C)=C2S(C)(=O)=O)C(C)(C)c2c1ccc1cc(S(=O)(=O)[O-])ccc21)S(=O)(=O)[O-].[Na+].[Na+].[Na+]. The Morgan fingerprint density at radius 2 is 1.17 bits per heavy atom. The second kappa shape index (κ2) is 22.2. The first-order valence-electron chi connectivity index (χ1n) is 21.6. The smallest absolute Gasteiger partial charge is 0.748 e. The number of fused-ring (bicyclic) bond motifs is 6. The van der Waals surface area contributed by atoms with E-state index in [1.54, 1.807) is 60.7 Å². The number of nitrogens with zero attached hydrogens (tertiary/aromatic N) is 2. The number of sulfone groups is 1. The Bertz CT molecular complexity index is 3570. The van der Waals surface area contributed by atoms with Crippen LogP contribution in [0, 0.1) is 0 Å². The summed E-state index contributed by atoms with van der Waals surface area (Å²) in [5.41, 5.74) is 3.31. The molecule has 0 N–H and O–H groups in total. The third-order valence-corrected chi connectivity index (χ3v) is 18.8. The largest absolute Gasteiger partial charge is 1.00 e. The molecule has 0 saturated carbocycles. The van der Waals surface area contributed by atoms with Crippen LogP contribution >= 0.6 is 0 Å². The van der Waals surface area contributed by atoms with Gasteiger partial charge < -0.3 is 23.1 Å². The van der Waals surface area contributed by atoms with E-state index in [-0.39, 0.29) is 120 Å². The van der Waals surface area contributed by atoms with Crippen LogP contribution in [0.2, 0.25) is 0 Å². The fourth-order valence-electron chi connectivity index (χ4n) is 9.90. The molecule has 2 atom stereocenters. The zero-order valence-corrected chi connectivity index (χ0v) is 51.4. The fraction of sp³-hybridized carbons (Fsp3) is 0.383. The van der Waals surface area contributed by atoms with Gasteiger partial charge in [0.05, 0.1) is 45.6 Å². The van der Waals surface area contributed by atoms with Crippen molar-refractivity contribution >= 4 is 88.9 Å². The van der Waals surface area contributed by atoms with Crippen LogP contribution in [-0.2, 0) is 61.1 Å². The minimum Gasteiger partial charge on any atom is -0.748 e. The van der Waals surface area contributed by atoms with Gasteiger partial charge in [0.1, 0.15) is 20.2 Å². The van der Waals surface area contributed by atoms with Crippen LogP contribution in [0.1, 0.15) is 84.8 Å². The summed E-state index contributed by atoms with van der Waals surface area (Å²) in [6.07, 6.45) is 9.29. The van der Waals surface area contributed by atoms with Gasteiger partial charge >= 0.3 is 88.7 Å². The summed E-state index contributed by atoms with van der Waals surface area (Å²) in [6.45, 7) is 10.5. The van der Waals surface area contributed by atoms with E-state index < -0.39 is 81.4 Å². The number of benzene rings is 4. The number of hydrogen-bond donors (Lipinski definition) is 0. The Hall–Kier alpha value is -1.58. The molecule has 0 amide bonds. The van der Waals surface area contributed by atoms with Crippen LogP contribution < -0.4 is 93.6 Å². The van der Waals surface area contributed by atoms with Crippen molar-refractivity contribution in [3.05, 3.63) is 118 Å². The molecule has 16 nitrogen and oxygen atoms in total. The van der Waals surface area contributed by atoms with Crippen molar-refractivity contribution in [1.82, 2.24) is 0 Å². The van der Waals surface area contributed by atoms with Gasteiger partial charge in [-0.05, 0) is 134 Å². The molecule has 24 heteroatoms. The predicted octanol–water partition coefficient (Wildman–Crippen LogP) is -2.52. The van der Waals surface area contributed by atoms with Gasteiger partial charge in [-0.1, -0.05) is 44.2 Å². The van der Waals surface area contributed by atoms with Crippen molar-refractivity contribution < 1.29 is 154 Å². The van der Waals surface area contributed by atoms with E-state index in [4.69, 9.17) is 0 Å². The summed E-state index contributed by atoms with van der Waals surface area (Å²) < 4.78 is 173. The molecule has 7 rings (SSSR count). The van der Waals surface area contributed by atoms with Crippen LogP contribution in [0.3, 0.4) is 0 Å². The molecule has 1 aliphatic carbocycles. The molecule has 2 unspecified atom stereocenters. The topological polar surface area (TPSA) is 269 Å². The summed E-state index contributed by atoms with van der Waals surface area (Å²) in [7, 11) is -22.8. The van der Waals surface area contributed by atoms with E-state index in [0.29, 0.717) is 74.7 Å². The first-order valence-corrected chi connectivity index (χ1v) is 29.3. The van der Waals surface area contributed by atoms with Crippen LogP contribution in [0.15, 0.2) is 117 Å². The van der Waals surface area contributed by atoms with E-state index in [9.17, 15) is 60.3 Å². The second-order valence-electron chi connectivity index (χ2n) is 18.8. The molecule has 2 heterocycles. The van der Waals surface area contributed by atoms with Gasteiger partial charge in [0.15, 0.2) is 22.1 Å². The molecule has 0 spiro atoms. The van der Waals surface area contributed by atoms with Crippen LogP contribution in [0.5, 0.6) is 0 Å². The molecule has 0 fully saturated rings. The normalized spacial score (nSPS) is 19.2. The van der Waals surface area contributed by atoms with Crippen LogP contribution in [-0.4, -0.2) is 100 Å². The molecular formula is C47H51N2Na3O14S5. The summed E-state index contributed by atoms with van der Waals surface area (Å²) in [4.78, 5) is 1.14. The zero-order valence-electron chi connectivity index (χ0n) is 41.3. The molecule has 0 bridgehead atoms. The molecule has 3 aliphatic rings. The van der Waals surface area contributed by atoms with Crippen molar-refractivity contribution in [2.75, 3.05) is 24.2 Å². The van der Waals surface area contributed by atoms with Crippen LogP contribution in [0.25, 0.3) is 21.5 Å². The molecule has 4 aromatic carbocycles. The van der Waals surface area contributed by atoms with Crippen LogP contribution in [0.4, 0.5) is 11.4 Å². The standard InChI is InChI=1S/C47H54N2O14S5.3Na/c1-29(65(52,53)54)23-25-48-39-19-11-33-27-35(67(58,59)60)15-17-37(33)43(39)46(3,4)41(48)21-13-31-9-8-10-32(45(31)64(7,50)51)14-22-42-47(5,6)44-38-18-16-36(68(61,62)63)28-34(38)12-20-40(44)49(42)26-24-30(2)66(55,56)57;;;/h11-22,27-30H,8-10,23-26H2,1-7H3,(H3-,52,53,54,55,56,57,58,59,60,61,62,63);;;/q;3*+1/p-3. The minimum atomic E-state index is -4.77. The van der Waals surface area contributed by atoms with Crippen molar-refractivity contribution in [3.8, 4) is 0 Å². The van der Waals surface area contributed by atoms with Gasteiger partial charge in [-0.15, -0.1) is 0 Å². The van der Waals surface area contributed by atoms with Gasteiger partial charge in [0.25, 0.3) is 0 Å². The zero-order chi connectivity index (χ0) is 50.3. The van der Waals surface area contributed by atoms with Gasteiger partial charge in [0, 0.05) is 59.0 Å². The first kappa shape index (κ1) is 62.0. The monoisotopic (exact) mass is 1100 g/mol. The summed E-state index contributed by atoms with van der Waals surface area (Å²) in [6, 6.07) is 14.9. The maximum atomic E-state index is 13.9. The Kier molecular flexibility index (Phi) is 19.4. The first-order chi connectivity index (χ1) is 31.2. The molecule has 0 radical (unpaired) electrons. The van der Waals surface area contributed by atoms with Crippen molar-refractivity contribution in [2.45, 2.75) is 105 Å². The van der Waals surface area contributed by atoms with E-state index >= 15 is 0 Å². The molecular weight excluding hydrogens is 1050 g/mol. The van der Waals surface area contributed by atoms with Crippen molar-refractivity contribution in [1.29, 1.82) is 0 Å². The number of rotatable bonds is 14. The van der Waals surface area contributed by atoms with Crippen molar-refractivity contribution in [3.63, 3.8) is 0 Å². The Balaban J connectivity index is 0.00000365. The summed E-state index contributed by atoms with van der Waals surface area (Å²) in [5.74, 6) is 0. The molecule has 0 saturated heterocycles. The van der Waals surface area contributed by atoms with E-state index in [1.165, 1.54) is 38.1 Å². The maximum Gasteiger partial charge on any atom is 1.00 e. The fourth-order valence-corrected chi connectivity index (χ4v) is 13.0. The quantitative estimate of drug-likeness (QED) is 0.0717. The summed E-state index contributed by atoms with van der Waals surface area (Å²) in [5, 5.41) is -0.267. The Labute approximate surface area is 483 Å². The average Bonchev–Trinajstić information content (AvgIpc) is 3.58. The van der Waals surface area contributed by atoms with Gasteiger partial charge in [-0.2, -0.15) is 4.58 Å². The molecule has 2 aliphatic heterocycles. The Morgan fingerprint density at radius 1 is 0.648 bits per heavy atom. The summed E-state index contributed by atoms with van der Waals surface area (Å²) >= 11 is 0. The molecule has 0 aromatic heterocycles. The maximum absolute atomic E-state index is 13.9. The van der Waals surface area contributed by atoms with E-state index in [0.717, 1.165) is 17.4 Å². The molecule has 4 aromatic rings. The predicted molar refractivity (Wildman–Crippen MR) is 256 cm³/mol. The second-order valence-corrected chi connectivity index (χ2v) is 27.1. The molecule has 366 valence electrons. The minimum absolute atomic E-state index is 0. The third-order valence-electron chi connectivity index (χ3n) is 13.4. The van der Waals surface area contributed by atoms with Crippen molar-refractivity contribution in [2.24, 2.45) is 0 Å². The number of anilines is 1. The third kappa shape index (κ3) is 12.7. The van der Waals surface area contributed by atoms with E-state index in [1.807, 2.05) is 37.2 Å². The number of hydrogen-bond acceptors (Lipinski definition) is 15. The van der Waals surface area contributed by atoms with Gasteiger partial charge in [-0.25, -0.2) is 42.1 Å². The number of allylic oxidation sites excluding steroid dienone is 7. The molecule has 71 heavy (non-hydrogen) atoms. The Morgan fingerprint density at radius 3 is 1.69 bits per heavy atom. The average molecular weight is 1100 g/mol. The van der Waals surface area contributed by atoms with Gasteiger partial charge in [0.2, 0.25) is 5.69 Å². The van der Waals surface area contributed by atoms with E-state index in [2.05, 4.69) is 0 Å².